The number of hydrogen-bond donors (Lipinski definition) is 3. The van der Waals surface area contributed by atoms with Gasteiger partial charge in [0.2, 0.25) is 5.91 Å². The van der Waals surface area contributed by atoms with Crippen LogP contribution < -0.4 is 15.4 Å². The van der Waals surface area contributed by atoms with Crippen LogP contribution in [0.3, 0.4) is 0 Å². The zero-order valence-electron chi connectivity index (χ0n) is 11.5. The molecule has 1 aliphatic rings. The van der Waals surface area contributed by atoms with Crippen molar-refractivity contribution in [2.24, 2.45) is 0 Å². The van der Waals surface area contributed by atoms with Crippen LogP contribution in [0.4, 0.5) is 0 Å². The van der Waals surface area contributed by atoms with Crippen LogP contribution in [-0.2, 0) is 4.79 Å². The van der Waals surface area contributed by atoms with E-state index in [9.17, 15) is 14.7 Å². The molecule has 0 heterocycles. The molecule has 6 heteroatoms. The number of aromatic hydroxyl groups is 1. The maximum absolute atomic E-state index is 12.0. The predicted octanol–water partition coefficient (Wildman–Crippen LogP) is 0.798. The number of hydrogen-bond acceptors (Lipinski definition) is 4. The van der Waals surface area contributed by atoms with Crippen molar-refractivity contribution in [2.75, 3.05) is 7.11 Å². The molecule has 2 rings (SSSR count). The van der Waals surface area contributed by atoms with Gasteiger partial charge < -0.3 is 20.5 Å². The molecule has 1 aromatic carbocycles. The van der Waals surface area contributed by atoms with E-state index in [4.69, 9.17) is 4.74 Å². The summed E-state index contributed by atoms with van der Waals surface area (Å²) in [7, 11) is 1.43. The summed E-state index contributed by atoms with van der Waals surface area (Å²) in [6.45, 7) is 1.62. The topological polar surface area (TPSA) is 87.7 Å². The fourth-order valence-electron chi connectivity index (χ4n) is 1.73. The quantitative estimate of drug-likeness (QED) is 0.743. The molecule has 1 unspecified atom stereocenters. The van der Waals surface area contributed by atoms with Crippen molar-refractivity contribution in [1.29, 1.82) is 0 Å². The number of phenolic OH excluding ortho intramolecular Hbond substituents is 1. The van der Waals surface area contributed by atoms with Gasteiger partial charge in [-0.2, -0.15) is 0 Å². The van der Waals surface area contributed by atoms with E-state index in [2.05, 4.69) is 10.6 Å². The molecule has 0 saturated heterocycles. The summed E-state index contributed by atoms with van der Waals surface area (Å²) in [5, 5.41) is 15.0. The van der Waals surface area contributed by atoms with Crippen molar-refractivity contribution < 1.29 is 19.4 Å². The fourth-order valence-corrected chi connectivity index (χ4v) is 1.73. The number of rotatable bonds is 5. The van der Waals surface area contributed by atoms with E-state index in [-0.39, 0.29) is 23.3 Å². The van der Waals surface area contributed by atoms with E-state index in [0.29, 0.717) is 5.75 Å². The second-order valence-corrected chi connectivity index (χ2v) is 4.86. The second kappa shape index (κ2) is 5.81. The van der Waals surface area contributed by atoms with Crippen molar-refractivity contribution in [3.8, 4) is 11.5 Å². The van der Waals surface area contributed by atoms with Crippen LogP contribution in [0.2, 0.25) is 0 Å². The van der Waals surface area contributed by atoms with E-state index in [1.54, 1.807) is 6.92 Å². The molecule has 1 aliphatic carbocycles. The maximum atomic E-state index is 12.0. The zero-order chi connectivity index (χ0) is 14.7. The third-order valence-electron chi connectivity index (χ3n) is 3.11. The third-order valence-corrected chi connectivity index (χ3v) is 3.11. The number of carbonyl (C=O) groups excluding carboxylic acids is 2. The lowest BCUT2D eigenvalue weighted by atomic mass is 10.1. The van der Waals surface area contributed by atoms with Crippen molar-refractivity contribution in [1.82, 2.24) is 10.6 Å². The summed E-state index contributed by atoms with van der Waals surface area (Å²) in [4.78, 5) is 23.7. The molecule has 20 heavy (non-hydrogen) atoms. The van der Waals surface area contributed by atoms with Crippen molar-refractivity contribution in [2.45, 2.75) is 31.8 Å². The smallest absolute Gasteiger partial charge is 0.252 e. The molecule has 0 aromatic heterocycles. The molecule has 1 aromatic rings. The van der Waals surface area contributed by atoms with Crippen LogP contribution in [0.15, 0.2) is 18.2 Å². The Bertz CT molecular complexity index is 526. The first kappa shape index (κ1) is 14.2. The maximum Gasteiger partial charge on any atom is 0.252 e. The number of methoxy groups -OCH3 is 1. The van der Waals surface area contributed by atoms with Gasteiger partial charge in [0.1, 0.15) is 6.04 Å². The molecule has 1 saturated carbocycles. The summed E-state index contributed by atoms with van der Waals surface area (Å²) in [5.74, 6) is -0.434. The van der Waals surface area contributed by atoms with Crippen molar-refractivity contribution in [3.63, 3.8) is 0 Å². The summed E-state index contributed by atoms with van der Waals surface area (Å²) in [6.07, 6.45) is 2.00. The lowest BCUT2D eigenvalue weighted by molar-refractivity contribution is -0.122. The van der Waals surface area contributed by atoms with Gasteiger partial charge in [0, 0.05) is 11.6 Å². The number of ether oxygens (including phenoxy) is 1. The summed E-state index contributed by atoms with van der Waals surface area (Å²) >= 11 is 0. The van der Waals surface area contributed by atoms with E-state index >= 15 is 0 Å². The van der Waals surface area contributed by atoms with Gasteiger partial charge in [0.15, 0.2) is 11.5 Å². The minimum absolute atomic E-state index is 0.116. The van der Waals surface area contributed by atoms with Gasteiger partial charge >= 0.3 is 0 Å². The van der Waals surface area contributed by atoms with E-state index in [0.717, 1.165) is 12.8 Å². The van der Waals surface area contributed by atoms with E-state index in [1.165, 1.54) is 25.3 Å². The summed E-state index contributed by atoms with van der Waals surface area (Å²) in [5.41, 5.74) is 0.273. The molecule has 1 fully saturated rings. The minimum Gasteiger partial charge on any atom is -0.504 e. The highest BCUT2D eigenvalue weighted by atomic mass is 16.5. The molecule has 0 radical (unpaired) electrons. The van der Waals surface area contributed by atoms with Crippen LogP contribution in [0.25, 0.3) is 0 Å². The zero-order valence-corrected chi connectivity index (χ0v) is 11.5. The molecular weight excluding hydrogens is 260 g/mol. The number of nitrogens with one attached hydrogen (secondary N) is 2. The van der Waals surface area contributed by atoms with Gasteiger partial charge in [0.25, 0.3) is 5.91 Å². The standard InChI is InChI=1S/C14H18N2O4/c1-8(13(18)16-10-4-5-10)15-14(19)9-3-6-12(20-2)11(17)7-9/h3,6-8,10,17H,4-5H2,1-2H3,(H,15,19)(H,16,18). The van der Waals surface area contributed by atoms with E-state index in [1.807, 2.05) is 0 Å². The molecule has 0 aliphatic heterocycles. The Labute approximate surface area is 117 Å². The van der Waals surface area contributed by atoms with Crippen molar-refractivity contribution in [3.05, 3.63) is 23.8 Å². The monoisotopic (exact) mass is 278 g/mol. The highest BCUT2D eigenvalue weighted by Crippen LogP contribution is 2.26. The fraction of sp³-hybridized carbons (Fsp3) is 0.429. The minimum atomic E-state index is -0.618. The molecule has 3 N–H and O–H groups in total. The SMILES string of the molecule is COc1ccc(C(=O)NC(C)C(=O)NC2CC2)cc1O. The van der Waals surface area contributed by atoms with Crippen LogP contribution in [0.5, 0.6) is 11.5 Å². The Morgan fingerprint density at radius 2 is 2.10 bits per heavy atom. The number of phenols is 1. The van der Waals surface area contributed by atoms with Gasteiger partial charge in [-0.05, 0) is 38.0 Å². The number of amides is 2. The summed E-state index contributed by atoms with van der Waals surface area (Å²) in [6, 6.07) is 3.97. The van der Waals surface area contributed by atoms with Gasteiger partial charge in [-0.1, -0.05) is 0 Å². The molecule has 1 atom stereocenters. The normalized spacial score (nSPS) is 15.3. The Hall–Kier alpha value is -2.24. The average molecular weight is 278 g/mol. The molecule has 108 valence electrons. The predicted molar refractivity (Wildman–Crippen MR) is 72.8 cm³/mol. The van der Waals surface area contributed by atoms with Crippen LogP contribution in [0.1, 0.15) is 30.1 Å². The van der Waals surface area contributed by atoms with Crippen LogP contribution >= 0.6 is 0 Å². The first-order valence-electron chi connectivity index (χ1n) is 6.49. The first-order chi connectivity index (χ1) is 9.51. The third kappa shape index (κ3) is 3.40. The lowest BCUT2D eigenvalue weighted by Crippen LogP contribution is -2.45. The van der Waals surface area contributed by atoms with Gasteiger partial charge in [-0.25, -0.2) is 0 Å². The number of carbonyl (C=O) groups is 2. The van der Waals surface area contributed by atoms with Crippen LogP contribution in [0, 0.1) is 0 Å². The average Bonchev–Trinajstić information content (AvgIpc) is 3.22. The molecular formula is C14H18N2O4. The molecule has 0 bridgehead atoms. The van der Waals surface area contributed by atoms with Gasteiger partial charge in [0.05, 0.1) is 7.11 Å². The molecule has 6 nitrogen and oxygen atoms in total. The first-order valence-corrected chi connectivity index (χ1v) is 6.49. The van der Waals surface area contributed by atoms with Crippen LogP contribution in [-0.4, -0.2) is 36.1 Å². The second-order valence-electron chi connectivity index (χ2n) is 4.86. The Balaban J connectivity index is 1.96. The Kier molecular flexibility index (Phi) is 4.12. The van der Waals surface area contributed by atoms with Gasteiger partial charge in [-0.15, -0.1) is 0 Å². The van der Waals surface area contributed by atoms with Gasteiger partial charge in [-0.3, -0.25) is 9.59 Å². The number of benzene rings is 1. The van der Waals surface area contributed by atoms with Crippen molar-refractivity contribution >= 4 is 11.8 Å². The lowest BCUT2D eigenvalue weighted by Gasteiger charge is -2.14. The summed E-state index contributed by atoms with van der Waals surface area (Å²) < 4.78 is 4.90. The molecule has 0 spiro atoms. The molecule has 2 amide bonds. The Morgan fingerprint density at radius 1 is 1.40 bits per heavy atom. The van der Waals surface area contributed by atoms with E-state index < -0.39 is 11.9 Å². The highest BCUT2D eigenvalue weighted by Gasteiger charge is 2.26. The largest absolute Gasteiger partial charge is 0.504 e. The highest BCUT2D eigenvalue weighted by molar-refractivity contribution is 5.98. The Morgan fingerprint density at radius 3 is 2.65 bits per heavy atom.